The zero-order valence-corrected chi connectivity index (χ0v) is 15.7. The van der Waals surface area contributed by atoms with E-state index in [9.17, 15) is 0 Å². The zero-order chi connectivity index (χ0) is 12.4. The van der Waals surface area contributed by atoms with Crippen molar-refractivity contribution >= 4 is 19.8 Å². The third kappa shape index (κ3) is 14.8. The molecule has 0 aromatic heterocycles. The molecule has 0 nitrogen and oxygen atoms in total. The van der Waals surface area contributed by atoms with Gasteiger partial charge in [0.25, 0.3) is 0 Å². The molecule has 0 atom stereocenters. The van der Waals surface area contributed by atoms with Crippen LogP contribution in [0.25, 0.3) is 0 Å². The molecule has 0 radical (unpaired) electrons. The maximum absolute atomic E-state index is 2.39. The average molecular weight is 321 g/mol. The van der Waals surface area contributed by atoms with Crippen LogP contribution in [0.4, 0.5) is 0 Å². The molecule has 0 unspecified atom stereocenters. The van der Waals surface area contributed by atoms with Crippen molar-refractivity contribution in [2.24, 2.45) is 17.8 Å². The van der Waals surface area contributed by atoms with Crippen molar-refractivity contribution in [3.8, 4) is 0 Å². The van der Waals surface area contributed by atoms with Gasteiger partial charge in [-0.1, -0.05) is 13.8 Å². The van der Waals surface area contributed by atoms with Gasteiger partial charge < -0.3 is 0 Å². The SMILES string of the molecule is CC.CC(C)[CH2][SnH]([CH2]C(C)C)[CH2]C(C)C. The van der Waals surface area contributed by atoms with Crippen LogP contribution in [-0.4, -0.2) is 19.8 Å². The van der Waals surface area contributed by atoms with Crippen molar-refractivity contribution in [3.05, 3.63) is 0 Å². The molecule has 0 N–H and O–H groups in total. The minimum absolute atomic E-state index is 0.957. The van der Waals surface area contributed by atoms with E-state index in [1.807, 2.05) is 13.8 Å². The first kappa shape index (κ1) is 18.2. The van der Waals surface area contributed by atoms with Gasteiger partial charge in [-0.15, -0.1) is 0 Å². The van der Waals surface area contributed by atoms with Crippen LogP contribution in [0.15, 0.2) is 0 Å². The molecule has 0 bridgehead atoms. The van der Waals surface area contributed by atoms with Crippen LogP contribution in [0.5, 0.6) is 0 Å². The third-order valence-electron chi connectivity index (χ3n) is 2.41. The van der Waals surface area contributed by atoms with E-state index in [2.05, 4.69) is 41.5 Å². The van der Waals surface area contributed by atoms with Crippen LogP contribution in [0.1, 0.15) is 55.4 Å². The topological polar surface area (TPSA) is 0 Å². The molecule has 0 aliphatic carbocycles. The summed E-state index contributed by atoms with van der Waals surface area (Å²) in [4.78, 5) is 0. The van der Waals surface area contributed by atoms with E-state index >= 15 is 0 Å². The van der Waals surface area contributed by atoms with Crippen molar-refractivity contribution < 1.29 is 0 Å². The molecule has 0 heterocycles. The summed E-state index contributed by atoms with van der Waals surface area (Å²) in [6.45, 7) is 18.4. The second-order valence-corrected chi connectivity index (χ2v) is 14.7. The van der Waals surface area contributed by atoms with Crippen LogP contribution in [0, 0.1) is 17.8 Å². The molecule has 15 heavy (non-hydrogen) atoms. The first-order valence-electron chi connectivity index (χ1n) is 6.91. The van der Waals surface area contributed by atoms with Gasteiger partial charge in [-0.05, 0) is 0 Å². The van der Waals surface area contributed by atoms with Gasteiger partial charge >= 0.3 is 92.4 Å². The Kier molecular flexibility index (Phi) is 13.7. The molecule has 94 valence electrons. The van der Waals surface area contributed by atoms with Gasteiger partial charge in [0.1, 0.15) is 0 Å². The summed E-state index contributed by atoms with van der Waals surface area (Å²) in [6, 6.07) is 0. The fourth-order valence-electron chi connectivity index (χ4n) is 2.29. The number of rotatable bonds is 6. The molecular weight excluding hydrogens is 287 g/mol. The monoisotopic (exact) mass is 322 g/mol. The Hall–Kier alpha value is 0.799. The summed E-state index contributed by atoms with van der Waals surface area (Å²) < 4.78 is 4.87. The van der Waals surface area contributed by atoms with Gasteiger partial charge in [0, 0.05) is 0 Å². The summed E-state index contributed by atoms with van der Waals surface area (Å²) in [5.41, 5.74) is 0. The predicted molar refractivity (Wildman–Crippen MR) is 77.4 cm³/mol. The van der Waals surface area contributed by atoms with E-state index in [4.69, 9.17) is 0 Å². The Balaban J connectivity index is 0. The fourth-order valence-corrected chi connectivity index (χ4v) is 15.4. The zero-order valence-electron chi connectivity index (χ0n) is 12.4. The van der Waals surface area contributed by atoms with Crippen LogP contribution in [0.2, 0.25) is 13.3 Å². The predicted octanol–water partition coefficient (Wildman–Crippen LogP) is 5.21. The first-order valence-corrected chi connectivity index (χ1v) is 13.9. The van der Waals surface area contributed by atoms with Crippen molar-refractivity contribution in [2.45, 2.75) is 68.7 Å². The van der Waals surface area contributed by atoms with Gasteiger partial charge in [0.15, 0.2) is 0 Å². The number of hydrogen-bond acceptors (Lipinski definition) is 0. The van der Waals surface area contributed by atoms with Crippen LogP contribution in [-0.2, 0) is 0 Å². The molecule has 0 aliphatic rings. The van der Waals surface area contributed by atoms with Gasteiger partial charge in [0.05, 0.1) is 0 Å². The second kappa shape index (κ2) is 11.3. The van der Waals surface area contributed by atoms with Crippen molar-refractivity contribution in [2.75, 3.05) is 0 Å². The molecule has 0 saturated heterocycles. The standard InChI is InChI=1S/3C4H9.C2H6.Sn.H/c3*1-4(2)3;1-2;;/h3*4H,1H2,2-3H3;1-2H3;;. The van der Waals surface area contributed by atoms with E-state index < -0.39 is 19.8 Å². The normalized spacial score (nSPS) is 11.2. The third-order valence-corrected chi connectivity index (χ3v) is 16.2. The van der Waals surface area contributed by atoms with Gasteiger partial charge in [-0.2, -0.15) is 0 Å². The molecule has 0 rings (SSSR count). The summed E-state index contributed by atoms with van der Waals surface area (Å²) >= 11 is -1.11. The average Bonchev–Trinajstić information content (AvgIpc) is 2.03. The molecule has 0 aliphatic heterocycles. The molecule has 0 spiro atoms. The summed E-state index contributed by atoms with van der Waals surface area (Å²) in [5, 5.41) is 0. The Morgan fingerprint density at radius 3 is 0.933 bits per heavy atom. The summed E-state index contributed by atoms with van der Waals surface area (Å²) in [6.07, 6.45) is 0. The Morgan fingerprint density at radius 1 is 0.600 bits per heavy atom. The molecule has 0 aromatic rings. The minimum atomic E-state index is -1.11. The van der Waals surface area contributed by atoms with Crippen LogP contribution >= 0.6 is 0 Å². The number of hydrogen-bond donors (Lipinski definition) is 0. The fraction of sp³-hybridized carbons (Fsp3) is 1.00. The van der Waals surface area contributed by atoms with Crippen molar-refractivity contribution in [1.29, 1.82) is 0 Å². The molecule has 0 amide bonds. The first-order chi connectivity index (χ1) is 6.91. The van der Waals surface area contributed by atoms with Crippen molar-refractivity contribution in [3.63, 3.8) is 0 Å². The molecule has 1 heteroatoms. The molecule has 0 fully saturated rings. The van der Waals surface area contributed by atoms with Gasteiger partial charge in [-0.25, -0.2) is 0 Å². The Morgan fingerprint density at radius 2 is 0.800 bits per heavy atom. The van der Waals surface area contributed by atoms with E-state index in [1.54, 1.807) is 13.3 Å². The van der Waals surface area contributed by atoms with E-state index in [-0.39, 0.29) is 0 Å². The Bertz CT molecular complexity index is 92.7. The van der Waals surface area contributed by atoms with E-state index in [0.29, 0.717) is 0 Å². The quantitative estimate of drug-likeness (QED) is 0.589. The molecule has 0 saturated carbocycles. The summed E-state index contributed by atoms with van der Waals surface area (Å²) in [7, 11) is 0. The van der Waals surface area contributed by atoms with Gasteiger partial charge in [0.2, 0.25) is 0 Å². The van der Waals surface area contributed by atoms with Gasteiger partial charge in [-0.3, -0.25) is 0 Å². The van der Waals surface area contributed by atoms with Crippen LogP contribution in [0.3, 0.4) is 0 Å². The molecule has 0 aromatic carbocycles. The van der Waals surface area contributed by atoms with E-state index in [1.165, 1.54) is 0 Å². The Labute approximate surface area is 106 Å². The van der Waals surface area contributed by atoms with E-state index in [0.717, 1.165) is 17.8 Å². The van der Waals surface area contributed by atoms with Crippen LogP contribution < -0.4 is 0 Å². The maximum atomic E-state index is 2.39. The molecular formula is C14H34Sn. The second-order valence-electron chi connectivity index (χ2n) is 5.75. The summed E-state index contributed by atoms with van der Waals surface area (Å²) in [5.74, 6) is 2.87. The van der Waals surface area contributed by atoms with Crippen molar-refractivity contribution in [1.82, 2.24) is 0 Å².